The van der Waals surface area contributed by atoms with Gasteiger partial charge in [-0.2, -0.15) is 0 Å². The molecule has 2 nitrogen and oxygen atoms in total. The molecule has 0 atom stereocenters. The number of nitrogens with zero attached hydrogens (tertiary/aromatic N) is 2. The molecule has 128 valence electrons. The van der Waals surface area contributed by atoms with Gasteiger partial charge in [-0.1, -0.05) is 84.9 Å². The molecule has 1 aromatic heterocycles. The molecule has 0 bridgehead atoms. The maximum absolute atomic E-state index is 4.54. The Morgan fingerprint density at radius 3 is 2.00 bits per heavy atom. The highest BCUT2D eigenvalue weighted by atomic mass is 15.1. The van der Waals surface area contributed by atoms with E-state index in [1.165, 1.54) is 27.9 Å². The number of aromatic nitrogens is 2. The summed E-state index contributed by atoms with van der Waals surface area (Å²) in [7, 11) is 0. The van der Waals surface area contributed by atoms with Crippen molar-refractivity contribution in [2.24, 2.45) is 0 Å². The van der Waals surface area contributed by atoms with Crippen molar-refractivity contribution in [1.82, 2.24) is 9.55 Å². The molecule has 3 aromatic carbocycles. The molecule has 0 aliphatic carbocycles. The molecule has 0 unspecified atom stereocenters. The molecule has 4 aromatic rings. The third-order valence-corrected chi connectivity index (χ3v) is 4.78. The fourth-order valence-electron chi connectivity index (χ4n) is 3.29. The molecular weight excluding hydrogens is 316 g/mol. The Labute approximate surface area is 154 Å². The van der Waals surface area contributed by atoms with E-state index in [1.54, 1.807) is 0 Å². The number of imidazole rings is 1. The van der Waals surface area contributed by atoms with E-state index in [1.807, 2.05) is 12.4 Å². The smallest absolute Gasteiger partial charge is 0.0954 e. The van der Waals surface area contributed by atoms with E-state index in [0.717, 1.165) is 18.7 Å². The maximum Gasteiger partial charge on any atom is 0.0954 e. The first kappa shape index (κ1) is 16.3. The normalized spacial score (nSPS) is 10.8. The SMILES string of the molecule is Cc1ncn(Cc2ccc(-c3ccccc3)cc2)c1Cc1ccccc1. The summed E-state index contributed by atoms with van der Waals surface area (Å²) in [5, 5.41) is 0. The zero-order valence-corrected chi connectivity index (χ0v) is 15.0. The third-order valence-electron chi connectivity index (χ3n) is 4.78. The molecular formula is C24H22N2. The molecule has 0 saturated heterocycles. The van der Waals surface area contributed by atoms with Crippen molar-refractivity contribution < 1.29 is 0 Å². The van der Waals surface area contributed by atoms with Crippen LogP contribution in [0.15, 0.2) is 91.3 Å². The summed E-state index contributed by atoms with van der Waals surface area (Å²) < 4.78 is 2.26. The topological polar surface area (TPSA) is 17.8 Å². The first-order chi connectivity index (χ1) is 12.8. The van der Waals surface area contributed by atoms with Gasteiger partial charge in [0.15, 0.2) is 0 Å². The maximum atomic E-state index is 4.54. The molecule has 0 radical (unpaired) electrons. The largest absolute Gasteiger partial charge is 0.330 e. The second-order valence-electron chi connectivity index (χ2n) is 6.63. The molecule has 0 amide bonds. The molecule has 0 aliphatic rings. The number of aryl methyl sites for hydroxylation is 1. The van der Waals surface area contributed by atoms with E-state index in [9.17, 15) is 0 Å². The van der Waals surface area contributed by atoms with Crippen LogP contribution in [0.25, 0.3) is 11.1 Å². The van der Waals surface area contributed by atoms with Crippen LogP contribution in [0, 0.1) is 6.92 Å². The van der Waals surface area contributed by atoms with Crippen LogP contribution in [-0.4, -0.2) is 9.55 Å². The fourth-order valence-corrected chi connectivity index (χ4v) is 3.29. The van der Waals surface area contributed by atoms with Gasteiger partial charge >= 0.3 is 0 Å². The first-order valence-electron chi connectivity index (χ1n) is 8.98. The van der Waals surface area contributed by atoms with Gasteiger partial charge in [-0.15, -0.1) is 0 Å². The van der Waals surface area contributed by atoms with Crippen LogP contribution < -0.4 is 0 Å². The average Bonchev–Trinajstić information content (AvgIpc) is 3.03. The van der Waals surface area contributed by atoms with E-state index < -0.39 is 0 Å². The lowest BCUT2D eigenvalue weighted by Crippen LogP contribution is -2.05. The Balaban J connectivity index is 1.54. The summed E-state index contributed by atoms with van der Waals surface area (Å²) in [6.45, 7) is 2.94. The third kappa shape index (κ3) is 3.60. The van der Waals surface area contributed by atoms with E-state index >= 15 is 0 Å². The molecule has 4 rings (SSSR count). The van der Waals surface area contributed by atoms with Gasteiger partial charge < -0.3 is 4.57 Å². The van der Waals surface area contributed by atoms with Crippen molar-refractivity contribution in [2.45, 2.75) is 19.9 Å². The van der Waals surface area contributed by atoms with Gasteiger partial charge in [0.05, 0.1) is 12.0 Å². The minimum atomic E-state index is 0.845. The van der Waals surface area contributed by atoms with Crippen LogP contribution in [0.5, 0.6) is 0 Å². The zero-order chi connectivity index (χ0) is 17.8. The summed E-state index contributed by atoms with van der Waals surface area (Å²) in [6.07, 6.45) is 2.87. The lowest BCUT2D eigenvalue weighted by molar-refractivity contribution is 0.751. The van der Waals surface area contributed by atoms with Crippen molar-refractivity contribution in [1.29, 1.82) is 0 Å². The second kappa shape index (κ2) is 7.40. The molecule has 0 spiro atoms. The highest BCUT2D eigenvalue weighted by Crippen LogP contribution is 2.20. The van der Waals surface area contributed by atoms with Gasteiger partial charge in [-0.3, -0.25) is 0 Å². The quantitative estimate of drug-likeness (QED) is 0.470. The highest BCUT2D eigenvalue weighted by Gasteiger charge is 2.09. The number of hydrogen-bond acceptors (Lipinski definition) is 1. The molecule has 0 aliphatic heterocycles. The Morgan fingerprint density at radius 2 is 1.31 bits per heavy atom. The molecule has 1 heterocycles. The van der Waals surface area contributed by atoms with Crippen LogP contribution in [0.2, 0.25) is 0 Å². The van der Waals surface area contributed by atoms with E-state index in [4.69, 9.17) is 0 Å². The van der Waals surface area contributed by atoms with Crippen molar-refractivity contribution in [3.63, 3.8) is 0 Å². The van der Waals surface area contributed by atoms with Crippen LogP contribution in [0.4, 0.5) is 0 Å². The number of hydrogen-bond donors (Lipinski definition) is 0. The van der Waals surface area contributed by atoms with E-state index in [0.29, 0.717) is 0 Å². The summed E-state index contributed by atoms with van der Waals surface area (Å²) in [6, 6.07) is 29.9. The summed E-state index contributed by atoms with van der Waals surface area (Å²) in [4.78, 5) is 4.54. The predicted octanol–water partition coefficient (Wildman–Crippen LogP) is 5.50. The summed E-state index contributed by atoms with van der Waals surface area (Å²) >= 11 is 0. The Kier molecular flexibility index (Phi) is 4.65. The highest BCUT2D eigenvalue weighted by molar-refractivity contribution is 5.63. The number of benzene rings is 3. The Morgan fingerprint density at radius 1 is 0.692 bits per heavy atom. The van der Waals surface area contributed by atoms with Crippen LogP contribution >= 0.6 is 0 Å². The molecule has 26 heavy (non-hydrogen) atoms. The number of rotatable bonds is 5. The molecule has 0 fully saturated rings. The van der Waals surface area contributed by atoms with Gasteiger partial charge in [-0.05, 0) is 29.2 Å². The second-order valence-corrected chi connectivity index (χ2v) is 6.63. The van der Waals surface area contributed by atoms with Gasteiger partial charge in [0.25, 0.3) is 0 Å². The van der Waals surface area contributed by atoms with Gasteiger partial charge in [-0.25, -0.2) is 4.98 Å². The molecule has 2 heteroatoms. The summed E-state index contributed by atoms with van der Waals surface area (Å²) in [5.41, 5.74) is 7.49. The Hall–Kier alpha value is -3.13. The van der Waals surface area contributed by atoms with E-state index in [-0.39, 0.29) is 0 Å². The van der Waals surface area contributed by atoms with Crippen LogP contribution in [-0.2, 0) is 13.0 Å². The van der Waals surface area contributed by atoms with Crippen molar-refractivity contribution >= 4 is 0 Å². The fraction of sp³-hybridized carbons (Fsp3) is 0.125. The van der Waals surface area contributed by atoms with Crippen molar-refractivity contribution in [3.05, 3.63) is 114 Å². The van der Waals surface area contributed by atoms with Crippen LogP contribution in [0.1, 0.15) is 22.5 Å². The van der Waals surface area contributed by atoms with Crippen molar-refractivity contribution in [2.75, 3.05) is 0 Å². The Bertz CT molecular complexity index is 968. The molecule has 0 N–H and O–H groups in total. The predicted molar refractivity (Wildman–Crippen MR) is 107 cm³/mol. The standard InChI is InChI=1S/C24H22N2/c1-19-24(16-20-8-4-2-5-9-20)26(18-25-19)17-21-12-14-23(15-13-21)22-10-6-3-7-11-22/h2-15,18H,16-17H2,1H3. The van der Waals surface area contributed by atoms with Gasteiger partial charge in [0, 0.05) is 18.7 Å². The van der Waals surface area contributed by atoms with Crippen molar-refractivity contribution in [3.8, 4) is 11.1 Å². The zero-order valence-electron chi connectivity index (χ0n) is 15.0. The lowest BCUT2D eigenvalue weighted by Gasteiger charge is -2.10. The van der Waals surface area contributed by atoms with E-state index in [2.05, 4.69) is 95.3 Å². The minimum absolute atomic E-state index is 0.845. The monoisotopic (exact) mass is 338 g/mol. The van der Waals surface area contributed by atoms with Crippen LogP contribution in [0.3, 0.4) is 0 Å². The van der Waals surface area contributed by atoms with Gasteiger partial charge in [0.2, 0.25) is 0 Å². The minimum Gasteiger partial charge on any atom is -0.330 e. The lowest BCUT2D eigenvalue weighted by atomic mass is 10.0. The van der Waals surface area contributed by atoms with Gasteiger partial charge in [0.1, 0.15) is 0 Å². The molecule has 0 saturated carbocycles. The average molecular weight is 338 g/mol. The summed E-state index contributed by atoms with van der Waals surface area (Å²) in [5.74, 6) is 0. The first-order valence-corrected chi connectivity index (χ1v) is 8.98.